The molecular formula is C28H25NS. The quantitative estimate of drug-likeness (QED) is 0.426. The van der Waals surface area contributed by atoms with Crippen molar-refractivity contribution in [3.05, 3.63) is 118 Å². The van der Waals surface area contributed by atoms with Crippen molar-refractivity contribution >= 4 is 23.2 Å². The van der Waals surface area contributed by atoms with Gasteiger partial charge in [0.1, 0.15) is 0 Å². The zero-order chi connectivity index (χ0) is 20.5. The minimum absolute atomic E-state index is 0.312. The molecule has 0 bridgehead atoms. The molecule has 5 rings (SSSR count). The zero-order valence-electron chi connectivity index (χ0n) is 17.4. The Hall–Kier alpha value is -2.84. The van der Waals surface area contributed by atoms with Crippen LogP contribution < -0.4 is 0 Å². The van der Waals surface area contributed by atoms with Gasteiger partial charge in [0.2, 0.25) is 0 Å². The van der Waals surface area contributed by atoms with Gasteiger partial charge in [0.05, 0.1) is 11.4 Å². The molecule has 0 spiro atoms. The molecule has 0 amide bonds. The van der Waals surface area contributed by atoms with E-state index in [4.69, 9.17) is 4.99 Å². The van der Waals surface area contributed by atoms with Crippen LogP contribution in [0.5, 0.6) is 0 Å². The van der Waals surface area contributed by atoms with Gasteiger partial charge in [-0.05, 0) is 40.8 Å². The molecule has 3 aromatic rings. The number of nitrogens with zero attached hydrogens (tertiary/aromatic N) is 1. The molecule has 30 heavy (non-hydrogen) atoms. The van der Waals surface area contributed by atoms with Crippen molar-refractivity contribution in [2.45, 2.75) is 37.0 Å². The summed E-state index contributed by atoms with van der Waals surface area (Å²) in [5, 5.41) is 0. The van der Waals surface area contributed by atoms with Crippen LogP contribution in [0.2, 0.25) is 0 Å². The van der Waals surface area contributed by atoms with Gasteiger partial charge in [0, 0.05) is 21.6 Å². The molecule has 2 aliphatic rings. The van der Waals surface area contributed by atoms with Crippen LogP contribution in [0.1, 0.15) is 48.8 Å². The van der Waals surface area contributed by atoms with Crippen molar-refractivity contribution in [2.75, 3.05) is 0 Å². The molecule has 0 aromatic heterocycles. The topological polar surface area (TPSA) is 12.4 Å². The predicted molar refractivity (Wildman–Crippen MR) is 129 cm³/mol. The van der Waals surface area contributed by atoms with E-state index >= 15 is 0 Å². The van der Waals surface area contributed by atoms with Crippen LogP contribution in [0.15, 0.2) is 111 Å². The summed E-state index contributed by atoms with van der Waals surface area (Å²) in [7, 11) is 0. The third kappa shape index (κ3) is 3.46. The molecule has 2 atom stereocenters. The lowest BCUT2D eigenvalue weighted by atomic mass is 9.87. The molecular weight excluding hydrogens is 382 g/mol. The summed E-state index contributed by atoms with van der Waals surface area (Å²) < 4.78 is 0. The van der Waals surface area contributed by atoms with E-state index in [1.54, 1.807) is 0 Å². The van der Waals surface area contributed by atoms with E-state index in [9.17, 15) is 0 Å². The SMILES string of the molecule is CC(C1=C2Sc3cccc(C(C)c4ccccc4)c3N=C2C=CC1)c1ccccc1. The maximum Gasteiger partial charge on any atom is 0.0814 e. The van der Waals surface area contributed by atoms with Crippen LogP contribution in [0.3, 0.4) is 0 Å². The van der Waals surface area contributed by atoms with Gasteiger partial charge in [-0.1, -0.05) is 104 Å². The molecule has 0 saturated heterocycles. The van der Waals surface area contributed by atoms with Crippen LogP contribution in [-0.4, -0.2) is 5.71 Å². The highest BCUT2D eigenvalue weighted by molar-refractivity contribution is 8.04. The maximum atomic E-state index is 5.19. The molecule has 1 nitrogen and oxygen atoms in total. The fourth-order valence-corrected chi connectivity index (χ4v) is 5.63. The molecule has 3 aromatic carbocycles. The Balaban J connectivity index is 1.57. The van der Waals surface area contributed by atoms with Crippen molar-refractivity contribution in [3.8, 4) is 0 Å². The second kappa shape index (κ2) is 8.12. The van der Waals surface area contributed by atoms with Crippen LogP contribution in [0.25, 0.3) is 0 Å². The van der Waals surface area contributed by atoms with E-state index in [0.29, 0.717) is 11.8 Å². The highest BCUT2D eigenvalue weighted by Crippen LogP contribution is 2.49. The first kappa shape index (κ1) is 19.1. The Labute approximate surface area is 183 Å². The summed E-state index contributed by atoms with van der Waals surface area (Å²) in [6.45, 7) is 4.60. The minimum atomic E-state index is 0.312. The van der Waals surface area contributed by atoms with Crippen LogP contribution in [0.4, 0.5) is 5.69 Å². The maximum absolute atomic E-state index is 5.19. The number of rotatable bonds is 4. The molecule has 1 aliphatic carbocycles. The summed E-state index contributed by atoms with van der Waals surface area (Å²) in [5.74, 6) is 0.698. The summed E-state index contributed by atoms with van der Waals surface area (Å²) in [4.78, 5) is 7.80. The van der Waals surface area contributed by atoms with E-state index < -0.39 is 0 Å². The van der Waals surface area contributed by atoms with Gasteiger partial charge < -0.3 is 0 Å². The number of allylic oxidation sites excluding steroid dienone is 4. The summed E-state index contributed by atoms with van der Waals surface area (Å²) in [5.41, 5.74) is 7.72. The molecule has 0 N–H and O–H groups in total. The molecule has 2 unspecified atom stereocenters. The Morgan fingerprint density at radius 1 is 0.767 bits per heavy atom. The minimum Gasteiger partial charge on any atom is -0.246 e. The van der Waals surface area contributed by atoms with Crippen molar-refractivity contribution in [3.63, 3.8) is 0 Å². The first-order chi connectivity index (χ1) is 14.7. The van der Waals surface area contributed by atoms with E-state index in [2.05, 4.69) is 105 Å². The van der Waals surface area contributed by atoms with Gasteiger partial charge in [-0.2, -0.15) is 0 Å². The first-order valence-electron chi connectivity index (χ1n) is 10.6. The largest absolute Gasteiger partial charge is 0.246 e. The highest BCUT2D eigenvalue weighted by atomic mass is 32.2. The van der Waals surface area contributed by atoms with Gasteiger partial charge in [-0.3, -0.25) is 0 Å². The number of hydrogen-bond acceptors (Lipinski definition) is 2. The highest BCUT2D eigenvalue weighted by Gasteiger charge is 2.27. The standard InChI is InChI=1S/C28H25NS/c1-19(21-11-5-3-6-12-21)23-15-10-18-26-27(23)29-25-17-9-16-24(28(25)30-26)20(2)22-13-7-4-8-14-22/h3-15,17-20H,16H2,1-2H3. The van der Waals surface area contributed by atoms with Gasteiger partial charge in [-0.25, -0.2) is 4.99 Å². The number of thioether (sulfide) groups is 1. The second-order valence-electron chi connectivity index (χ2n) is 8.02. The number of fused-ring (bicyclic) bond motifs is 2. The normalized spacial score (nSPS) is 17.1. The summed E-state index contributed by atoms with van der Waals surface area (Å²) in [6, 6.07) is 28.2. The monoisotopic (exact) mass is 407 g/mol. The van der Waals surface area contributed by atoms with E-state index in [1.807, 2.05) is 11.8 Å². The lowest BCUT2D eigenvalue weighted by Crippen LogP contribution is -2.12. The van der Waals surface area contributed by atoms with Gasteiger partial charge >= 0.3 is 0 Å². The van der Waals surface area contributed by atoms with E-state index in [-0.39, 0.29) is 0 Å². The number of aliphatic imine (C=N–C) groups is 1. The average molecular weight is 408 g/mol. The molecule has 0 saturated carbocycles. The lowest BCUT2D eigenvalue weighted by Gasteiger charge is -2.28. The number of hydrogen-bond donors (Lipinski definition) is 0. The fraction of sp³-hybridized carbons (Fsp3) is 0.179. The molecule has 1 aliphatic heterocycles. The Morgan fingerprint density at radius 2 is 1.43 bits per heavy atom. The van der Waals surface area contributed by atoms with Gasteiger partial charge in [0.25, 0.3) is 0 Å². The third-order valence-electron chi connectivity index (χ3n) is 6.20. The average Bonchev–Trinajstić information content (AvgIpc) is 2.82. The molecule has 1 heterocycles. The second-order valence-corrected chi connectivity index (χ2v) is 9.07. The van der Waals surface area contributed by atoms with E-state index in [1.165, 1.54) is 32.1 Å². The van der Waals surface area contributed by atoms with Crippen molar-refractivity contribution < 1.29 is 0 Å². The number of benzene rings is 3. The lowest BCUT2D eigenvalue weighted by molar-refractivity contribution is 0.858. The summed E-state index contributed by atoms with van der Waals surface area (Å²) in [6.07, 6.45) is 5.47. The Morgan fingerprint density at radius 3 is 2.13 bits per heavy atom. The van der Waals surface area contributed by atoms with Crippen molar-refractivity contribution in [1.29, 1.82) is 0 Å². The Kier molecular flexibility index (Phi) is 5.18. The smallest absolute Gasteiger partial charge is 0.0814 e. The van der Waals surface area contributed by atoms with Crippen LogP contribution >= 0.6 is 11.8 Å². The van der Waals surface area contributed by atoms with Crippen LogP contribution in [0, 0.1) is 0 Å². The van der Waals surface area contributed by atoms with Crippen molar-refractivity contribution in [1.82, 2.24) is 0 Å². The Bertz CT molecular complexity index is 1160. The zero-order valence-corrected chi connectivity index (χ0v) is 18.2. The van der Waals surface area contributed by atoms with Gasteiger partial charge in [0.15, 0.2) is 0 Å². The van der Waals surface area contributed by atoms with Crippen molar-refractivity contribution in [2.24, 2.45) is 4.99 Å². The predicted octanol–water partition coefficient (Wildman–Crippen LogP) is 8.03. The number of para-hydroxylation sites is 1. The van der Waals surface area contributed by atoms with Gasteiger partial charge in [-0.15, -0.1) is 0 Å². The molecule has 148 valence electrons. The van der Waals surface area contributed by atoms with Crippen LogP contribution in [-0.2, 0) is 0 Å². The fourth-order valence-electron chi connectivity index (χ4n) is 4.40. The summed E-state index contributed by atoms with van der Waals surface area (Å²) >= 11 is 1.90. The first-order valence-corrected chi connectivity index (χ1v) is 11.4. The third-order valence-corrected chi connectivity index (χ3v) is 7.43. The van der Waals surface area contributed by atoms with E-state index in [0.717, 1.165) is 17.8 Å². The molecule has 0 fully saturated rings. The molecule has 2 heteroatoms. The molecule has 0 radical (unpaired) electrons.